The van der Waals surface area contributed by atoms with Gasteiger partial charge in [0.15, 0.2) is 0 Å². The molecule has 0 aliphatic rings. The summed E-state index contributed by atoms with van der Waals surface area (Å²) in [6.07, 6.45) is 0. The van der Waals surface area contributed by atoms with Gasteiger partial charge >= 0.3 is 0 Å². The summed E-state index contributed by atoms with van der Waals surface area (Å²) in [5.74, 6) is 5.45. The van der Waals surface area contributed by atoms with E-state index in [1.807, 2.05) is 30.3 Å². The standard InChI is InChI=1S/C9H12IN3/c1-13(11)12-9(7-10)8-5-3-2-4-6-8/h2-6H,7,11H2,1H3/b12-9+. The van der Waals surface area contributed by atoms with Crippen molar-refractivity contribution < 1.29 is 0 Å². The van der Waals surface area contributed by atoms with Gasteiger partial charge in [-0.25, -0.2) is 11.0 Å². The van der Waals surface area contributed by atoms with E-state index in [4.69, 9.17) is 5.84 Å². The second kappa shape index (κ2) is 5.18. The van der Waals surface area contributed by atoms with Crippen molar-refractivity contribution in [1.29, 1.82) is 0 Å². The Morgan fingerprint density at radius 1 is 1.46 bits per heavy atom. The molecule has 0 aromatic heterocycles. The van der Waals surface area contributed by atoms with Crippen molar-refractivity contribution in [3.05, 3.63) is 35.9 Å². The highest BCUT2D eigenvalue weighted by atomic mass is 127. The first kappa shape index (κ1) is 10.5. The Balaban J connectivity index is 2.91. The fourth-order valence-electron chi connectivity index (χ4n) is 0.983. The number of alkyl halides is 1. The summed E-state index contributed by atoms with van der Waals surface area (Å²) in [5.41, 5.74) is 2.11. The van der Waals surface area contributed by atoms with Gasteiger partial charge in [0.1, 0.15) is 0 Å². The molecule has 1 aromatic rings. The second-order valence-electron chi connectivity index (χ2n) is 2.62. The van der Waals surface area contributed by atoms with E-state index in [0.29, 0.717) is 0 Å². The van der Waals surface area contributed by atoms with Crippen molar-refractivity contribution in [1.82, 2.24) is 5.12 Å². The molecule has 0 fully saturated rings. The third kappa shape index (κ3) is 3.31. The number of nitrogens with two attached hydrogens (primary N) is 1. The van der Waals surface area contributed by atoms with E-state index in [9.17, 15) is 0 Å². The lowest BCUT2D eigenvalue weighted by Gasteiger charge is -2.08. The van der Waals surface area contributed by atoms with E-state index in [-0.39, 0.29) is 0 Å². The summed E-state index contributed by atoms with van der Waals surface area (Å²) in [6, 6.07) is 10.0. The minimum absolute atomic E-state index is 0.851. The molecule has 1 aromatic carbocycles. The van der Waals surface area contributed by atoms with Crippen molar-refractivity contribution in [2.75, 3.05) is 11.5 Å². The van der Waals surface area contributed by atoms with E-state index in [0.717, 1.165) is 15.7 Å². The Morgan fingerprint density at radius 2 is 2.08 bits per heavy atom. The zero-order chi connectivity index (χ0) is 9.68. The topological polar surface area (TPSA) is 41.6 Å². The summed E-state index contributed by atoms with van der Waals surface area (Å²) in [4.78, 5) is 0. The Labute approximate surface area is 91.7 Å². The third-order valence-electron chi connectivity index (χ3n) is 1.51. The highest BCUT2D eigenvalue weighted by molar-refractivity contribution is 14.1. The molecule has 0 heterocycles. The number of hydrazine groups is 1. The van der Waals surface area contributed by atoms with Crippen molar-refractivity contribution >= 4 is 28.3 Å². The average molecular weight is 289 g/mol. The normalized spacial score (nSPS) is 11.5. The lowest BCUT2D eigenvalue weighted by Crippen LogP contribution is -2.22. The summed E-state index contributed by atoms with van der Waals surface area (Å²) in [6.45, 7) is 0. The van der Waals surface area contributed by atoms with Crippen LogP contribution in [0.15, 0.2) is 35.4 Å². The van der Waals surface area contributed by atoms with Crippen LogP contribution in [0.2, 0.25) is 0 Å². The van der Waals surface area contributed by atoms with Gasteiger partial charge in [0.25, 0.3) is 0 Å². The van der Waals surface area contributed by atoms with Crippen LogP contribution in [0.3, 0.4) is 0 Å². The van der Waals surface area contributed by atoms with Gasteiger partial charge in [-0.05, 0) is 5.56 Å². The molecule has 0 bridgehead atoms. The number of halogens is 1. The first-order valence-electron chi connectivity index (χ1n) is 3.91. The van der Waals surface area contributed by atoms with Crippen LogP contribution in [-0.4, -0.2) is 22.3 Å². The number of hydrazone groups is 1. The highest BCUT2D eigenvalue weighted by Crippen LogP contribution is 2.04. The van der Waals surface area contributed by atoms with E-state index in [1.54, 1.807) is 7.05 Å². The van der Waals surface area contributed by atoms with Gasteiger partial charge in [-0.15, -0.1) is 0 Å². The molecule has 0 saturated carbocycles. The van der Waals surface area contributed by atoms with Crippen LogP contribution in [0.25, 0.3) is 0 Å². The smallest absolute Gasteiger partial charge is 0.0790 e. The van der Waals surface area contributed by atoms with Gasteiger partial charge in [-0.3, -0.25) is 0 Å². The number of rotatable bonds is 3. The molecule has 2 N–H and O–H groups in total. The lowest BCUT2D eigenvalue weighted by atomic mass is 10.1. The van der Waals surface area contributed by atoms with Crippen LogP contribution in [-0.2, 0) is 0 Å². The Morgan fingerprint density at radius 3 is 2.54 bits per heavy atom. The van der Waals surface area contributed by atoms with Gasteiger partial charge in [-0.1, -0.05) is 52.9 Å². The first-order chi connectivity index (χ1) is 6.24. The Bertz CT molecular complexity index is 282. The second-order valence-corrected chi connectivity index (χ2v) is 3.38. The van der Waals surface area contributed by atoms with Crippen LogP contribution in [0.4, 0.5) is 0 Å². The van der Waals surface area contributed by atoms with Gasteiger partial charge in [0.2, 0.25) is 0 Å². The van der Waals surface area contributed by atoms with Crippen molar-refractivity contribution in [3.8, 4) is 0 Å². The quantitative estimate of drug-likeness (QED) is 0.302. The first-order valence-corrected chi connectivity index (χ1v) is 5.44. The molecule has 0 radical (unpaired) electrons. The van der Waals surface area contributed by atoms with Gasteiger partial charge in [0, 0.05) is 11.5 Å². The monoisotopic (exact) mass is 289 g/mol. The molecule has 1 rings (SSSR count). The van der Waals surface area contributed by atoms with Crippen LogP contribution in [0.5, 0.6) is 0 Å². The van der Waals surface area contributed by atoms with Crippen molar-refractivity contribution in [2.45, 2.75) is 0 Å². The predicted octanol–water partition coefficient (Wildman–Crippen LogP) is 1.63. The average Bonchev–Trinajstić information content (AvgIpc) is 2.15. The number of benzene rings is 1. The number of nitrogens with zero attached hydrogens (tertiary/aromatic N) is 2. The molecule has 70 valence electrons. The molecule has 0 atom stereocenters. The SMILES string of the molecule is CN(N)/N=C(\CI)c1ccccc1. The Hall–Kier alpha value is -0.620. The molecule has 0 aliphatic heterocycles. The van der Waals surface area contributed by atoms with Crippen LogP contribution >= 0.6 is 22.6 Å². The third-order valence-corrected chi connectivity index (χ3v) is 2.23. The molecule has 0 saturated heterocycles. The van der Waals surface area contributed by atoms with Crippen LogP contribution in [0, 0.1) is 0 Å². The maximum Gasteiger partial charge on any atom is 0.0790 e. The van der Waals surface area contributed by atoms with Gasteiger partial charge < -0.3 is 0 Å². The Kier molecular flexibility index (Phi) is 4.17. The predicted molar refractivity (Wildman–Crippen MR) is 63.8 cm³/mol. The van der Waals surface area contributed by atoms with Crippen LogP contribution < -0.4 is 5.84 Å². The zero-order valence-corrected chi connectivity index (χ0v) is 9.60. The minimum atomic E-state index is 0.851. The van der Waals surface area contributed by atoms with Gasteiger partial charge in [0.05, 0.1) is 5.71 Å². The maximum absolute atomic E-state index is 5.45. The fourth-order valence-corrected chi connectivity index (χ4v) is 1.58. The summed E-state index contributed by atoms with van der Waals surface area (Å²) < 4.78 is 0.851. The molecule has 0 unspecified atom stereocenters. The maximum atomic E-state index is 5.45. The van der Waals surface area contributed by atoms with E-state index < -0.39 is 0 Å². The fraction of sp³-hybridized carbons (Fsp3) is 0.222. The summed E-state index contributed by atoms with van der Waals surface area (Å²) >= 11 is 2.27. The lowest BCUT2D eigenvalue weighted by molar-refractivity contribution is 0.372. The van der Waals surface area contributed by atoms with Gasteiger partial charge in [-0.2, -0.15) is 5.10 Å². The molecule has 13 heavy (non-hydrogen) atoms. The zero-order valence-electron chi connectivity index (χ0n) is 7.44. The van der Waals surface area contributed by atoms with E-state index in [1.165, 1.54) is 5.12 Å². The summed E-state index contributed by atoms with van der Waals surface area (Å²) in [5, 5.41) is 5.52. The molecular weight excluding hydrogens is 277 g/mol. The molecule has 4 heteroatoms. The van der Waals surface area contributed by atoms with Crippen molar-refractivity contribution in [3.63, 3.8) is 0 Å². The number of hydrogen-bond acceptors (Lipinski definition) is 3. The highest BCUT2D eigenvalue weighted by Gasteiger charge is 2.00. The van der Waals surface area contributed by atoms with E-state index in [2.05, 4.69) is 27.7 Å². The molecule has 3 nitrogen and oxygen atoms in total. The largest absolute Gasteiger partial charge is 0.235 e. The minimum Gasteiger partial charge on any atom is -0.235 e. The van der Waals surface area contributed by atoms with Crippen LogP contribution in [0.1, 0.15) is 5.56 Å². The molecule has 0 aliphatic carbocycles. The van der Waals surface area contributed by atoms with E-state index >= 15 is 0 Å². The number of hydrogen-bond donors (Lipinski definition) is 1. The summed E-state index contributed by atoms with van der Waals surface area (Å²) in [7, 11) is 1.72. The molecule has 0 spiro atoms. The molecule has 0 amide bonds. The van der Waals surface area contributed by atoms with Crippen molar-refractivity contribution in [2.24, 2.45) is 10.9 Å². The molecular formula is C9H12IN3.